The van der Waals surface area contributed by atoms with Gasteiger partial charge in [-0.1, -0.05) is 30.3 Å². The number of anilines is 1. The molecule has 1 aliphatic rings. The van der Waals surface area contributed by atoms with Crippen molar-refractivity contribution in [2.24, 2.45) is 0 Å². The van der Waals surface area contributed by atoms with Crippen molar-refractivity contribution in [3.63, 3.8) is 0 Å². The third-order valence-corrected chi connectivity index (χ3v) is 2.52. The maximum atomic E-state index is 9.66. The first-order valence-corrected chi connectivity index (χ1v) is 4.32. The lowest BCUT2D eigenvalue weighted by molar-refractivity contribution is 0.213. The van der Waals surface area contributed by atoms with Crippen molar-refractivity contribution >= 4 is 16.5 Å². The van der Waals surface area contributed by atoms with Crippen molar-refractivity contribution in [1.29, 1.82) is 0 Å². The molecule has 1 atom stereocenters. The largest absolute Gasteiger partial charge is 0.369 e. The van der Waals surface area contributed by atoms with E-state index in [4.69, 9.17) is 0 Å². The third-order valence-electron chi connectivity index (χ3n) is 2.52. The number of benzene rings is 2. The van der Waals surface area contributed by atoms with E-state index >= 15 is 0 Å². The van der Waals surface area contributed by atoms with E-state index < -0.39 is 6.23 Å². The number of rotatable bonds is 0. The first-order chi connectivity index (χ1) is 6.36. The van der Waals surface area contributed by atoms with Crippen molar-refractivity contribution in [2.45, 2.75) is 6.23 Å². The van der Waals surface area contributed by atoms with E-state index in [2.05, 4.69) is 17.4 Å². The predicted molar refractivity (Wildman–Crippen MR) is 52.5 cm³/mol. The molecule has 0 aliphatic carbocycles. The minimum Gasteiger partial charge on any atom is -0.369 e. The molecule has 3 rings (SSSR count). The monoisotopic (exact) mass is 171 g/mol. The van der Waals surface area contributed by atoms with Crippen LogP contribution in [0.5, 0.6) is 0 Å². The van der Waals surface area contributed by atoms with Crippen molar-refractivity contribution in [1.82, 2.24) is 0 Å². The summed E-state index contributed by atoms with van der Waals surface area (Å²) in [6.45, 7) is 0. The third kappa shape index (κ3) is 0.807. The Morgan fingerprint density at radius 1 is 1.08 bits per heavy atom. The molecule has 2 N–H and O–H groups in total. The summed E-state index contributed by atoms with van der Waals surface area (Å²) in [5.74, 6) is 0. The molecule has 64 valence electrons. The maximum Gasteiger partial charge on any atom is 0.151 e. The zero-order valence-electron chi connectivity index (χ0n) is 6.99. The van der Waals surface area contributed by atoms with Gasteiger partial charge in [0.05, 0.1) is 0 Å². The van der Waals surface area contributed by atoms with Gasteiger partial charge < -0.3 is 10.4 Å². The molecule has 0 fully saturated rings. The summed E-state index contributed by atoms with van der Waals surface area (Å²) < 4.78 is 0. The van der Waals surface area contributed by atoms with Crippen LogP contribution in [0.2, 0.25) is 0 Å². The molecule has 2 nitrogen and oxygen atoms in total. The number of nitrogens with one attached hydrogen (secondary N) is 1. The van der Waals surface area contributed by atoms with Gasteiger partial charge in [0.25, 0.3) is 0 Å². The highest BCUT2D eigenvalue weighted by molar-refractivity contribution is 5.99. The molecule has 13 heavy (non-hydrogen) atoms. The van der Waals surface area contributed by atoms with Crippen molar-refractivity contribution in [3.8, 4) is 0 Å². The minimum atomic E-state index is -0.541. The van der Waals surface area contributed by atoms with E-state index in [1.807, 2.05) is 24.3 Å². The van der Waals surface area contributed by atoms with Gasteiger partial charge in [0.1, 0.15) is 0 Å². The lowest BCUT2D eigenvalue weighted by atomic mass is 10.1. The lowest BCUT2D eigenvalue weighted by Crippen LogP contribution is -2.01. The van der Waals surface area contributed by atoms with Crippen LogP contribution in [0.25, 0.3) is 10.8 Å². The van der Waals surface area contributed by atoms with Crippen molar-refractivity contribution in [3.05, 3.63) is 42.0 Å². The van der Waals surface area contributed by atoms with E-state index in [0.717, 1.165) is 16.6 Å². The SMILES string of the molecule is OC1Nc2cccc3cccc1c23. The van der Waals surface area contributed by atoms with Crippen LogP contribution >= 0.6 is 0 Å². The standard InChI is InChI=1S/C11H9NO/c13-11-8-5-1-3-7-4-2-6-9(12-11)10(7)8/h1-6,11-13H. The van der Waals surface area contributed by atoms with Crippen LogP contribution < -0.4 is 5.32 Å². The molecule has 2 heteroatoms. The Balaban J connectivity index is 2.51. The highest BCUT2D eigenvalue weighted by Crippen LogP contribution is 2.37. The Labute approximate surface area is 75.8 Å². The number of aliphatic hydroxyl groups excluding tert-OH is 1. The lowest BCUT2D eigenvalue weighted by Gasteiger charge is -2.02. The summed E-state index contributed by atoms with van der Waals surface area (Å²) in [7, 11) is 0. The van der Waals surface area contributed by atoms with E-state index in [9.17, 15) is 5.11 Å². The van der Waals surface area contributed by atoms with Crippen LogP contribution in [0.4, 0.5) is 5.69 Å². The summed E-state index contributed by atoms with van der Waals surface area (Å²) in [5.41, 5.74) is 2.01. The number of aliphatic hydroxyl groups is 1. The predicted octanol–water partition coefficient (Wildman–Crippen LogP) is 2.26. The highest BCUT2D eigenvalue weighted by atomic mass is 16.3. The summed E-state index contributed by atoms with van der Waals surface area (Å²) in [4.78, 5) is 0. The van der Waals surface area contributed by atoms with Gasteiger partial charge in [-0.2, -0.15) is 0 Å². The molecule has 0 aromatic heterocycles. The topological polar surface area (TPSA) is 32.3 Å². The molecule has 0 amide bonds. The van der Waals surface area contributed by atoms with Crippen molar-refractivity contribution < 1.29 is 5.11 Å². The summed E-state index contributed by atoms with van der Waals surface area (Å²) in [5, 5.41) is 15.0. The van der Waals surface area contributed by atoms with Crippen LogP contribution in [-0.2, 0) is 0 Å². The van der Waals surface area contributed by atoms with Gasteiger partial charge in [-0.25, -0.2) is 0 Å². The molecule has 0 radical (unpaired) electrons. The van der Waals surface area contributed by atoms with Gasteiger partial charge in [-0.3, -0.25) is 0 Å². The Bertz CT molecular complexity index is 473. The molecular weight excluding hydrogens is 162 g/mol. The average Bonchev–Trinajstić information content (AvgIpc) is 2.47. The minimum absolute atomic E-state index is 0.541. The van der Waals surface area contributed by atoms with E-state index in [0.29, 0.717) is 0 Å². The second-order valence-electron chi connectivity index (χ2n) is 3.30. The summed E-state index contributed by atoms with van der Waals surface area (Å²) in [6, 6.07) is 12.0. The molecule has 0 bridgehead atoms. The van der Waals surface area contributed by atoms with E-state index in [1.54, 1.807) is 0 Å². The molecule has 0 saturated carbocycles. The fourth-order valence-corrected chi connectivity index (χ4v) is 1.94. The smallest absolute Gasteiger partial charge is 0.151 e. The maximum absolute atomic E-state index is 9.66. The van der Waals surface area contributed by atoms with Gasteiger partial charge in [-0.15, -0.1) is 0 Å². The number of hydrogen-bond acceptors (Lipinski definition) is 2. The molecular formula is C11H9NO. The van der Waals surface area contributed by atoms with Crippen LogP contribution in [0.1, 0.15) is 11.8 Å². The molecule has 1 aliphatic heterocycles. The Hall–Kier alpha value is -1.54. The van der Waals surface area contributed by atoms with Crippen LogP contribution in [-0.4, -0.2) is 5.11 Å². The van der Waals surface area contributed by atoms with E-state index in [1.165, 1.54) is 5.39 Å². The van der Waals surface area contributed by atoms with Crippen LogP contribution in [0.3, 0.4) is 0 Å². The zero-order chi connectivity index (χ0) is 8.84. The highest BCUT2D eigenvalue weighted by Gasteiger charge is 2.20. The Kier molecular flexibility index (Phi) is 1.19. The van der Waals surface area contributed by atoms with Crippen LogP contribution in [0.15, 0.2) is 36.4 Å². The van der Waals surface area contributed by atoms with Gasteiger partial charge in [0.2, 0.25) is 0 Å². The van der Waals surface area contributed by atoms with Crippen molar-refractivity contribution in [2.75, 3.05) is 5.32 Å². The second-order valence-corrected chi connectivity index (χ2v) is 3.30. The zero-order valence-corrected chi connectivity index (χ0v) is 6.99. The summed E-state index contributed by atoms with van der Waals surface area (Å²) >= 11 is 0. The van der Waals surface area contributed by atoms with Gasteiger partial charge in [0, 0.05) is 16.6 Å². The van der Waals surface area contributed by atoms with Gasteiger partial charge >= 0.3 is 0 Å². The van der Waals surface area contributed by atoms with Gasteiger partial charge in [0.15, 0.2) is 6.23 Å². The Morgan fingerprint density at radius 3 is 2.69 bits per heavy atom. The number of hydrogen-bond donors (Lipinski definition) is 2. The van der Waals surface area contributed by atoms with Crippen LogP contribution in [0, 0.1) is 0 Å². The molecule has 2 aromatic carbocycles. The molecule has 1 heterocycles. The quantitative estimate of drug-likeness (QED) is 0.637. The molecule has 2 aromatic rings. The first-order valence-electron chi connectivity index (χ1n) is 4.32. The molecule has 0 spiro atoms. The average molecular weight is 171 g/mol. The fourth-order valence-electron chi connectivity index (χ4n) is 1.94. The molecule has 0 saturated heterocycles. The summed E-state index contributed by atoms with van der Waals surface area (Å²) in [6.07, 6.45) is -0.541. The molecule has 1 unspecified atom stereocenters. The second kappa shape index (κ2) is 2.24. The Morgan fingerprint density at radius 2 is 1.85 bits per heavy atom. The first kappa shape index (κ1) is 6.92. The van der Waals surface area contributed by atoms with E-state index in [-0.39, 0.29) is 0 Å². The van der Waals surface area contributed by atoms with Gasteiger partial charge in [-0.05, 0) is 11.5 Å². The normalized spacial score (nSPS) is 19.0. The fraction of sp³-hybridized carbons (Fsp3) is 0.0909.